The number of nitrogens with zero attached hydrogens (tertiary/aromatic N) is 6. The van der Waals surface area contributed by atoms with Crippen molar-refractivity contribution in [1.82, 2.24) is 9.97 Å². The lowest BCUT2D eigenvalue weighted by molar-refractivity contribution is 1.21. The topological polar surface area (TPSA) is 38.7 Å². The maximum absolute atomic E-state index is 4.99. The summed E-state index contributed by atoms with van der Waals surface area (Å²) in [5.41, 5.74) is 16.4. The van der Waals surface area contributed by atoms with Crippen molar-refractivity contribution in [3.8, 4) is 22.5 Å². The van der Waals surface area contributed by atoms with Crippen molar-refractivity contribution in [3.63, 3.8) is 0 Å². The van der Waals surface area contributed by atoms with E-state index in [4.69, 9.17) is 9.97 Å². The first-order valence-electron chi connectivity index (χ1n) is 26.3. The summed E-state index contributed by atoms with van der Waals surface area (Å²) in [5, 5.41) is 4.70. The summed E-state index contributed by atoms with van der Waals surface area (Å²) >= 11 is 0. The zero-order valence-electron chi connectivity index (χ0n) is 42.7. The Bertz CT molecular complexity index is 3740. The molecule has 0 saturated carbocycles. The fourth-order valence-electron chi connectivity index (χ4n) is 10.6. The van der Waals surface area contributed by atoms with Gasteiger partial charge in [-0.3, -0.25) is 9.97 Å². The summed E-state index contributed by atoms with van der Waals surface area (Å²) in [5.74, 6) is 0. The summed E-state index contributed by atoms with van der Waals surface area (Å²) in [6.45, 7) is 0. The molecule has 78 heavy (non-hydrogen) atoms. The molecule has 0 unspecified atom stereocenters. The largest absolute Gasteiger partial charge is 0.311 e. The highest BCUT2D eigenvalue weighted by atomic mass is 15.2. The van der Waals surface area contributed by atoms with Gasteiger partial charge >= 0.3 is 0 Å². The van der Waals surface area contributed by atoms with Crippen LogP contribution in [0.2, 0.25) is 0 Å². The zero-order chi connectivity index (χ0) is 52.0. The van der Waals surface area contributed by atoms with Crippen molar-refractivity contribution in [3.05, 3.63) is 316 Å². The Morgan fingerprint density at radius 1 is 0.192 bits per heavy atom. The van der Waals surface area contributed by atoms with Gasteiger partial charge in [-0.25, -0.2) is 0 Å². The third-order valence-electron chi connectivity index (χ3n) is 14.3. The molecule has 0 atom stereocenters. The van der Waals surface area contributed by atoms with E-state index in [9.17, 15) is 0 Å². The number of hydrogen-bond acceptors (Lipinski definition) is 6. The standard InChI is InChI=1S/C72H52N6/c1-5-23-57(24-6-1)75(58-25-7-2-8-26-58)61-43-47-65(48-44-61)77(71-33-17-21-53-19-13-15-31-67(53)71)63-39-35-55(36-40-63)69-51-74-70(52-73-69)56-37-41-64(42-38-56)78(72-34-18-22-54-20-14-16-32-68(54)72)66-49-45-62(46-50-66)76(59-27-9-3-10-28-59)60-29-11-4-12-30-60/h1-52H. The van der Waals surface area contributed by atoms with Crippen molar-refractivity contribution in [1.29, 1.82) is 0 Å². The van der Waals surface area contributed by atoms with Crippen LogP contribution in [0.1, 0.15) is 0 Å². The van der Waals surface area contributed by atoms with Gasteiger partial charge in [0, 0.05) is 78.8 Å². The summed E-state index contributed by atoms with van der Waals surface area (Å²) in [7, 11) is 0. The lowest BCUT2D eigenvalue weighted by Crippen LogP contribution is -2.12. The SMILES string of the molecule is c1ccc(N(c2ccccc2)c2ccc(N(c3ccc(-c4cnc(-c5ccc(N(c6ccc(N(c7ccccc7)c7ccccc7)cc6)c6cccc7ccccc67)cc5)cn4)cc3)c3cccc4ccccc34)cc2)cc1. The van der Waals surface area contributed by atoms with Crippen LogP contribution in [0.15, 0.2) is 316 Å². The second kappa shape index (κ2) is 21.4. The maximum Gasteiger partial charge on any atom is 0.0885 e. The van der Waals surface area contributed by atoms with Gasteiger partial charge in [-0.15, -0.1) is 0 Å². The lowest BCUT2D eigenvalue weighted by Gasteiger charge is -2.29. The Kier molecular flexibility index (Phi) is 12.9. The average Bonchev–Trinajstić information content (AvgIpc) is 3.63. The monoisotopic (exact) mass is 1000 g/mol. The van der Waals surface area contributed by atoms with Gasteiger partial charge in [-0.1, -0.05) is 170 Å². The Hall–Kier alpha value is -10.6. The molecule has 1 aromatic heterocycles. The van der Waals surface area contributed by atoms with Gasteiger partial charge in [-0.05, 0) is 144 Å². The van der Waals surface area contributed by atoms with Crippen molar-refractivity contribution in [2.24, 2.45) is 0 Å². The van der Waals surface area contributed by atoms with Crippen LogP contribution in [-0.2, 0) is 0 Å². The third-order valence-corrected chi connectivity index (χ3v) is 14.3. The first-order valence-corrected chi connectivity index (χ1v) is 26.3. The predicted octanol–water partition coefficient (Wildman–Crippen LogP) is 20.0. The number of para-hydroxylation sites is 4. The molecular weight excluding hydrogens is 949 g/mol. The van der Waals surface area contributed by atoms with Crippen LogP contribution in [0.25, 0.3) is 44.1 Å². The minimum Gasteiger partial charge on any atom is -0.311 e. The summed E-state index contributed by atoms with van der Waals surface area (Å²) in [4.78, 5) is 19.2. The second-order valence-electron chi connectivity index (χ2n) is 19.1. The average molecular weight is 1000 g/mol. The van der Waals surface area contributed by atoms with E-state index < -0.39 is 0 Å². The molecule has 0 radical (unpaired) electrons. The minimum atomic E-state index is 0.800. The Morgan fingerprint density at radius 2 is 0.436 bits per heavy atom. The quantitative estimate of drug-likeness (QED) is 0.108. The van der Waals surface area contributed by atoms with E-state index in [0.717, 1.165) is 90.8 Å². The number of hydrogen-bond donors (Lipinski definition) is 0. The minimum absolute atomic E-state index is 0.800. The molecule has 0 spiro atoms. The Morgan fingerprint density at radius 3 is 0.744 bits per heavy atom. The first-order chi connectivity index (χ1) is 38.7. The van der Waals surface area contributed by atoms with Gasteiger partial charge in [0.15, 0.2) is 0 Å². The zero-order valence-corrected chi connectivity index (χ0v) is 42.7. The number of rotatable bonds is 14. The highest BCUT2D eigenvalue weighted by Crippen LogP contribution is 2.44. The molecule has 0 bridgehead atoms. The fraction of sp³-hybridized carbons (Fsp3) is 0. The van der Waals surface area contributed by atoms with E-state index in [2.05, 4.69) is 323 Å². The van der Waals surface area contributed by atoms with Crippen molar-refractivity contribution in [2.45, 2.75) is 0 Å². The molecule has 0 fully saturated rings. The van der Waals surface area contributed by atoms with Crippen molar-refractivity contribution >= 4 is 89.8 Å². The van der Waals surface area contributed by atoms with E-state index >= 15 is 0 Å². The molecule has 13 rings (SSSR count). The molecule has 0 saturated heterocycles. The molecular formula is C72H52N6. The van der Waals surface area contributed by atoms with Crippen LogP contribution in [-0.4, -0.2) is 9.97 Å². The van der Waals surface area contributed by atoms with Crippen LogP contribution < -0.4 is 19.6 Å². The van der Waals surface area contributed by atoms with E-state index in [1.807, 2.05) is 12.4 Å². The molecule has 1 heterocycles. The van der Waals surface area contributed by atoms with Crippen LogP contribution in [0.3, 0.4) is 0 Å². The molecule has 13 aromatic rings. The maximum atomic E-state index is 4.99. The van der Waals surface area contributed by atoms with Gasteiger partial charge in [0.05, 0.1) is 35.2 Å². The van der Waals surface area contributed by atoms with Crippen LogP contribution in [0.4, 0.5) is 68.2 Å². The first kappa shape index (κ1) is 47.2. The highest BCUT2D eigenvalue weighted by molar-refractivity contribution is 6.00. The molecule has 6 nitrogen and oxygen atoms in total. The lowest BCUT2D eigenvalue weighted by atomic mass is 10.0. The van der Waals surface area contributed by atoms with Gasteiger partial charge < -0.3 is 19.6 Å². The predicted molar refractivity (Wildman–Crippen MR) is 327 cm³/mol. The van der Waals surface area contributed by atoms with Gasteiger partial charge in [0.2, 0.25) is 0 Å². The molecule has 0 amide bonds. The van der Waals surface area contributed by atoms with E-state index in [1.54, 1.807) is 0 Å². The van der Waals surface area contributed by atoms with E-state index in [1.165, 1.54) is 21.5 Å². The van der Waals surface area contributed by atoms with Crippen LogP contribution in [0.5, 0.6) is 0 Å². The number of fused-ring (bicyclic) bond motifs is 2. The van der Waals surface area contributed by atoms with Gasteiger partial charge in [0.25, 0.3) is 0 Å². The normalized spacial score (nSPS) is 11.1. The van der Waals surface area contributed by atoms with E-state index in [-0.39, 0.29) is 0 Å². The van der Waals surface area contributed by atoms with Gasteiger partial charge in [-0.2, -0.15) is 0 Å². The summed E-state index contributed by atoms with van der Waals surface area (Å²) in [6.07, 6.45) is 3.76. The molecule has 0 N–H and O–H groups in total. The number of anilines is 12. The van der Waals surface area contributed by atoms with Gasteiger partial charge in [0.1, 0.15) is 0 Å². The number of aromatic nitrogens is 2. The summed E-state index contributed by atoms with van der Waals surface area (Å²) < 4.78 is 0. The Labute approximate surface area is 455 Å². The third kappa shape index (κ3) is 9.47. The van der Waals surface area contributed by atoms with Crippen LogP contribution >= 0.6 is 0 Å². The van der Waals surface area contributed by atoms with Crippen molar-refractivity contribution < 1.29 is 0 Å². The molecule has 370 valence electrons. The number of benzene rings is 12. The molecule has 0 aliphatic rings. The van der Waals surface area contributed by atoms with E-state index in [0.29, 0.717) is 0 Å². The molecule has 12 aromatic carbocycles. The van der Waals surface area contributed by atoms with Crippen molar-refractivity contribution in [2.75, 3.05) is 19.6 Å². The molecule has 0 aliphatic heterocycles. The summed E-state index contributed by atoms with van der Waals surface area (Å²) in [6, 6.07) is 107. The highest BCUT2D eigenvalue weighted by Gasteiger charge is 2.20. The Balaban J connectivity index is 0.793. The fourth-order valence-corrected chi connectivity index (χ4v) is 10.6. The van der Waals surface area contributed by atoms with Crippen LogP contribution in [0, 0.1) is 0 Å². The molecule has 6 heteroatoms. The smallest absolute Gasteiger partial charge is 0.0885 e. The second-order valence-corrected chi connectivity index (χ2v) is 19.1. The molecule has 0 aliphatic carbocycles.